The lowest BCUT2D eigenvalue weighted by molar-refractivity contribution is -0.140. The van der Waals surface area contributed by atoms with E-state index in [1.165, 1.54) is 12.7 Å². The standard InChI is InChI=1S/C28H42O5S/c1-22-16-18-23(19-17-22)34(32)20-12-8-4-3-5-9-13-24-25(27(30)21-26(24)29)14-10-6-7-11-15-28(31)33-2/h5-6,9-10,16-19,24-27,29-30H,3-4,7-8,11-15,20-21H2,1-2H3/b9-5+,10-6-/t24-,25-,26-,27-,34?/m1/s1. The summed E-state index contributed by atoms with van der Waals surface area (Å²) in [5.41, 5.74) is 1.18. The lowest BCUT2D eigenvalue weighted by atomic mass is 9.87. The van der Waals surface area contributed by atoms with Crippen LogP contribution in [0, 0.1) is 18.8 Å². The summed E-state index contributed by atoms with van der Waals surface area (Å²) in [7, 11) is 0.482. The molecular weight excluding hydrogens is 448 g/mol. The number of unbranched alkanes of at least 4 members (excludes halogenated alkanes) is 4. The predicted molar refractivity (Wildman–Crippen MR) is 138 cm³/mol. The average molecular weight is 491 g/mol. The second kappa shape index (κ2) is 16.0. The molecule has 0 spiro atoms. The third-order valence-electron chi connectivity index (χ3n) is 6.63. The molecule has 0 saturated heterocycles. The van der Waals surface area contributed by atoms with Crippen molar-refractivity contribution in [3.05, 3.63) is 54.1 Å². The van der Waals surface area contributed by atoms with Crippen molar-refractivity contribution < 1.29 is 24.0 Å². The summed E-state index contributed by atoms with van der Waals surface area (Å²) < 4.78 is 17.0. The van der Waals surface area contributed by atoms with Crippen LogP contribution in [0.2, 0.25) is 0 Å². The van der Waals surface area contributed by atoms with Crippen LogP contribution in [0.15, 0.2) is 53.5 Å². The Kier molecular flexibility index (Phi) is 13.4. The maximum atomic E-state index is 12.3. The molecular formula is C28H42O5S. The molecule has 1 aromatic carbocycles. The average Bonchev–Trinajstić information content (AvgIpc) is 3.09. The number of rotatable bonds is 15. The minimum absolute atomic E-state index is 0.0632. The number of benzene rings is 1. The Bertz CT molecular complexity index is 802. The van der Waals surface area contributed by atoms with Gasteiger partial charge in [-0.15, -0.1) is 0 Å². The van der Waals surface area contributed by atoms with Gasteiger partial charge in [-0.3, -0.25) is 9.00 Å². The van der Waals surface area contributed by atoms with Crippen LogP contribution in [0.25, 0.3) is 0 Å². The summed E-state index contributed by atoms with van der Waals surface area (Å²) in [5, 5.41) is 20.8. The summed E-state index contributed by atoms with van der Waals surface area (Å²) in [5.74, 6) is 0.652. The lowest BCUT2D eigenvalue weighted by Gasteiger charge is -2.21. The fourth-order valence-electron chi connectivity index (χ4n) is 4.52. The van der Waals surface area contributed by atoms with E-state index in [2.05, 4.69) is 29.0 Å². The Morgan fingerprint density at radius 2 is 1.53 bits per heavy atom. The van der Waals surface area contributed by atoms with Crippen LogP contribution in [0.1, 0.15) is 69.8 Å². The van der Waals surface area contributed by atoms with Gasteiger partial charge in [-0.1, -0.05) is 48.4 Å². The molecule has 2 rings (SSSR count). The number of methoxy groups -OCH3 is 1. The smallest absolute Gasteiger partial charge is 0.305 e. The van der Waals surface area contributed by atoms with Gasteiger partial charge in [-0.25, -0.2) is 0 Å². The van der Waals surface area contributed by atoms with E-state index in [1.807, 2.05) is 31.2 Å². The van der Waals surface area contributed by atoms with Crippen LogP contribution in [-0.4, -0.2) is 45.5 Å². The fourth-order valence-corrected chi connectivity index (χ4v) is 5.66. The first-order valence-electron chi connectivity index (χ1n) is 12.6. The molecule has 0 bridgehead atoms. The van der Waals surface area contributed by atoms with E-state index >= 15 is 0 Å². The molecule has 0 heterocycles. The Labute approximate surface area is 207 Å². The summed E-state index contributed by atoms with van der Waals surface area (Å²) in [6.07, 6.45) is 15.5. The van der Waals surface area contributed by atoms with Crippen molar-refractivity contribution in [3.63, 3.8) is 0 Å². The highest BCUT2D eigenvalue weighted by Gasteiger charge is 2.39. The molecule has 0 amide bonds. The second-order valence-corrected chi connectivity index (χ2v) is 10.9. The molecule has 1 unspecified atom stereocenters. The Hall–Kier alpha value is -1.76. The number of esters is 1. The Balaban J connectivity index is 1.62. The number of aliphatic hydroxyl groups is 2. The van der Waals surface area contributed by atoms with Gasteiger partial charge >= 0.3 is 5.97 Å². The van der Waals surface area contributed by atoms with E-state index in [4.69, 9.17) is 0 Å². The molecule has 2 N–H and O–H groups in total. The summed E-state index contributed by atoms with van der Waals surface area (Å²) in [6.45, 7) is 2.03. The van der Waals surface area contributed by atoms with Gasteiger partial charge in [0.1, 0.15) is 0 Å². The highest BCUT2D eigenvalue weighted by Crippen LogP contribution is 2.37. The van der Waals surface area contributed by atoms with Crippen LogP contribution in [0.5, 0.6) is 0 Å². The largest absolute Gasteiger partial charge is 0.469 e. The zero-order valence-electron chi connectivity index (χ0n) is 20.7. The van der Waals surface area contributed by atoms with Gasteiger partial charge in [0.05, 0.1) is 30.1 Å². The van der Waals surface area contributed by atoms with E-state index in [0.717, 1.165) is 56.3 Å². The number of aliphatic hydroxyl groups excluding tert-OH is 2. The van der Waals surface area contributed by atoms with Crippen LogP contribution in [0.4, 0.5) is 0 Å². The van der Waals surface area contributed by atoms with Crippen LogP contribution in [-0.2, 0) is 20.3 Å². The quantitative estimate of drug-likeness (QED) is 0.199. The van der Waals surface area contributed by atoms with Crippen LogP contribution < -0.4 is 0 Å². The number of carbonyl (C=O) groups is 1. The topological polar surface area (TPSA) is 83.8 Å². The third-order valence-corrected chi connectivity index (χ3v) is 8.09. The Morgan fingerprint density at radius 3 is 2.12 bits per heavy atom. The number of aryl methyl sites for hydroxylation is 1. The molecule has 1 aliphatic carbocycles. The first-order chi connectivity index (χ1) is 16.4. The molecule has 0 radical (unpaired) electrons. The first kappa shape index (κ1) is 28.5. The van der Waals surface area contributed by atoms with Gasteiger partial charge < -0.3 is 14.9 Å². The maximum absolute atomic E-state index is 12.3. The van der Waals surface area contributed by atoms with E-state index in [-0.39, 0.29) is 17.8 Å². The molecule has 34 heavy (non-hydrogen) atoms. The highest BCUT2D eigenvalue weighted by molar-refractivity contribution is 7.85. The van der Waals surface area contributed by atoms with Gasteiger partial charge in [-0.2, -0.15) is 0 Å². The second-order valence-electron chi connectivity index (χ2n) is 9.29. The number of allylic oxidation sites excluding steroid dienone is 4. The number of carbonyl (C=O) groups excluding carboxylic acids is 1. The molecule has 5 atom stereocenters. The normalized spacial score (nSPS) is 23.6. The molecule has 0 aromatic heterocycles. The molecule has 190 valence electrons. The van der Waals surface area contributed by atoms with E-state index in [0.29, 0.717) is 18.6 Å². The zero-order valence-corrected chi connectivity index (χ0v) is 21.6. The van der Waals surface area contributed by atoms with Crippen molar-refractivity contribution >= 4 is 16.8 Å². The van der Waals surface area contributed by atoms with Gasteiger partial charge in [0.2, 0.25) is 0 Å². The van der Waals surface area contributed by atoms with Crippen molar-refractivity contribution in [1.82, 2.24) is 0 Å². The molecule has 6 heteroatoms. The summed E-state index contributed by atoms with van der Waals surface area (Å²) in [4.78, 5) is 12.0. The summed E-state index contributed by atoms with van der Waals surface area (Å²) >= 11 is 0. The van der Waals surface area contributed by atoms with E-state index in [1.54, 1.807) is 0 Å². The van der Waals surface area contributed by atoms with Crippen molar-refractivity contribution in [2.75, 3.05) is 12.9 Å². The van der Waals surface area contributed by atoms with Crippen LogP contribution in [0.3, 0.4) is 0 Å². The van der Waals surface area contributed by atoms with Crippen molar-refractivity contribution in [2.45, 2.75) is 88.2 Å². The first-order valence-corrected chi connectivity index (χ1v) is 13.9. The van der Waals surface area contributed by atoms with Gasteiger partial charge in [0, 0.05) is 17.1 Å². The lowest BCUT2D eigenvalue weighted by Crippen LogP contribution is -2.21. The molecule has 1 aromatic rings. The van der Waals surface area contributed by atoms with E-state index in [9.17, 15) is 19.2 Å². The molecule has 0 aliphatic heterocycles. The molecule has 5 nitrogen and oxygen atoms in total. The van der Waals surface area contributed by atoms with Gasteiger partial charge in [0.15, 0.2) is 0 Å². The van der Waals surface area contributed by atoms with Crippen molar-refractivity contribution in [1.29, 1.82) is 0 Å². The fraction of sp³-hybridized carbons (Fsp3) is 0.607. The monoisotopic (exact) mass is 490 g/mol. The number of hydrogen-bond acceptors (Lipinski definition) is 5. The molecule has 1 saturated carbocycles. The SMILES string of the molecule is COC(=O)CCC/C=C\C[C@@H]1[C@@H](C/C=C/CCCCCS(=O)c2ccc(C)cc2)[C@H](O)C[C@H]1O. The minimum Gasteiger partial charge on any atom is -0.469 e. The molecule has 1 fully saturated rings. The zero-order chi connectivity index (χ0) is 24.8. The van der Waals surface area contributed by atoms with Crippen LogP contribution >= 0.6 is 0 Å². The number of ether oxygens (including phenoxy) is 1. The third kappa shape index (κ3) is 10.2. The van der Waals surface area contributed by atoms with E-state index < -0.39 is 23.0 Å². The summed E-state index contributed by atoms with van der Waals surface area (Å²) in [6, 6.07) is 7.92. The van der Waals surface area contributed by atoms with Gasteiger partial charge in [-0.05, 0) is 82.3 Å². The molecule has 1 aliphatic rings. The van der Waals surface area contributed by atoms with Crippen molar-refractivity contribution in [3.8, 4) is 0 Å². The maximum Gasteiger partial charge on any atom is 0.305 e. The Morgan fingerprint density at radius 1 is 0.941 bits per heavy atom. The van der Waals surface area contributed by atoms with Gasteiger partial charge in [0.25, 0.3) is 0 Å². The minimum atomic E-state index is -0.917. The highest BCUT2D eigenvalue weighted by atomic mass is 32.2. The number of hydrogen-bond donors (Lipinski definition) is 2. The predicted octanol–water partition coefficient (Wildman–Crippen LogP) is 5.26. The van der Waals surface area contributed by atoms with Crippen molar-refractivity contribution in [2.24, 2.45) is 11.8 Å².